The number of anilines is 1. The molecule has 3 aliphatic rings. The van der Waals surface area contributed by atoms with Crippen molar-refractivity contribution in [2.45, 2.75) is 56.9 Å². The van der Waals surface area contributed by atoms with Gasteiger partial charge in [0.25, 0.3) is 0 Å². The van der Waals surface area contributed by atoms with Gasteiger partial charge in [-0.15, -0.1) is 15.3 Å². The van der Waals surface area contributed by atoms with E-state index in [1.165, 1.54) is 58.0 Å². The van der Waals surface area contributed by atoms with Crippen LogP contribution >= 0.6 is 0 Å². The zero-order valence-electron chi connectivity index (χ0n) is 14.3. The number of hydrogen-bond donors (Lipinski definition) is 0. The van der Waals surface area contributed by atoms with Crippen molar-refractivity contribution in [3.05, 3.63) is 18.0 Å². The number of piperidine rings is 1. The van der Waals surface area contributed by atoms with Gasteiger partial charge in [-0.3, -0.25) is 0 Å². The average molecular weight is 326 g/mol. The molecule has 3 fully saturated rings. The fourth-order valence-corrected chi connectivity index (χ4v) is 4.56. The van der Waals surface area contributed by atoms with Crippen molar-refractivity contribution in [1.29, 1.82) is 0 Å². The summed E-state index contributed by atoms with van der Waals surface area (Å²) in [4.78, 5) is 5.04. The zero-order valence-corrected chi connectivity index (χ0v) is 14.3. The molecule has 2 aliphatic heterocycles. The highest BCUT2D eigenvalue weighted by atomic mass is 15.4. The van der Waals surface area contributed by atoms with Crippen LogP contribution in [0, 0.1) is 0 Å². The summed E-state index contributed by atoms with van der Waals surface area (Å²) in [5.41, 5.74) is 0.882. The van der Waals surface area contributed by atoms with E-state index >= 15 is 0 Å². The van der Waals surface area contributed by atoms with E-state index in [9.17, 15) is 0 Å². The fraction of sp³-hybridized carbons (Fsp3) is 0.722. The van der Waals surface area contributed by atoms with Gasteiger partial charge < -0.3 is 9.80 Å². The lowest BCUT2D eigenvalue weighted by Crippen LogP contribution is -2.40. The summed E-state index contributed by atoms with van der Waals surface area (Å²) in [7, 11) is 0. The summed E-state index contributed by atoms with van der Waals surface area (Å²) in [5.74, 6) is 2.63. The molecule has 2 aromatic rings. The summed E-state index contributed by atoms with van der Waals surface area (Å²) in [6.07, 6.45) is 9.29. The first kappa shape index (κ1) is 14.6. The third-order valence-electron chi connectivity index (χ3n) is 6.19. The molecule has 0 radical (unpaired) electrons. The molecule has 6 nitrogen and oxygen atoms in total. The van der Waals surface area contributed by atoms with E-state index in [1.807, 2.05) is 4.52 Å². The normalized spacial score (nSPS) is 23.9. The van der Waals surface area contributed by atoms with Gasteiger partial charge in [0.2, 0.25) is 0 Å². The smallest absolute Gasteiger partial charge is 0.178 e. The number of aromatic nitrogens is 4. The Labute approximate surface area is 142 Å². The molecule has 1 aliphatic carbocycles. The van der Waals surface area contributed by atoms with Gasteiger partial charge in [-0.25, -0.2) is 0 Å². The molecule has 2 saturated heterocycles. The van der Waals surface area contributed by atoms with Crippen LogP contribution in [0.25, 0.3) is 5.65 Å². The maximum absolute atomic E-state index is 4.83. The van der Waals surface area contributed by atoms with E-state index in [-0.39, 0.29) is 0 Å². The second-order valence-electron chi connectivity index (χ2n) is 7.61. The quantitative estimate of drug-likeness (QED) is 0.867. The van der Waals surface area contributed by atoms with E-state index in [4.69, 9.17) is 5.10 Å². The van der Waals surface area contributed by atoms with Crippen LogP contribution < -0.4 is 4.90 Å². The van der Waals surface area contributed by atoms with Crippen molar-refractivity contribution >= 4 is 11.5 Å². The van der Waals surface area contributed by atoms with Gasteiger partial charge in [-0.05, 0) is 57.3 Å². The molecule has 0 atom stereocenters. The fourth-order valence-electron chi connectivity index (χ4n) is 4.56. The highest BCUT2D eigenvalue weighted by molar-refractivity contribution is 5.47. The maximum Gasteiger partial charge on any atom is 0.178 e. The van der Waals surface area contributed by atoms with Crippen molar-refractivity contribution in [3.8, 4) is 0 Å². The van der Waals surface area contributed by atoms with Crippen LogP contribution in [0.4, 0.5) is 5.82 Å². The van der Waals surface area contributed by atoms with Crippen LogP contribution in [0.1, 0.15) is 56.7 Å². The van der Waals surface area contributed by atoms with E-state index < -0.39 is 0 Å². The number of hydrogen-bond acceptors (Lipinski definition) is 5. The van der Waals surface area contributed by atoms with E-state index in [0.717, 1.165) is 36.4 Å². The minimum atomic E-state index is 0.497. The lowest BCUT2D eigenvalue weighted by atomic mass is 9.95. The SMILES string of the molecule is c1cc2nnc(C3CCN(C4CCCC4)CC3)n2nc1N1CCC1. The van der Waals surface area contributed by atoms with Crippen LogP contribution in [-0.4, -0.2) is 56.9 Å². The molecule has 0 amide bonds. The molecule has 4 heterocycles. The summed E-state index contributed by atoms with van der Waals surface area (Å²) in [6.45, 7) is 4.65. The Balaban J connectivity index is 1.34. The van der Waals surface area contributed by atoms with Crippen LogP contribution in [0.5, 0.6) is 0 Å². The molecular formula is C18H26N6. The van der Waals surface area contributed by atoms with Crippen LogP contribution in [0.15, 0.2) is 12.1 Å². The number of likely N-dealkylation sites (tertiary alicyclic amines) is 1. The second-order valence-corrected chi connectivity index (χ2v) is 7.61. The third-order valence-corrected chi connectivity index (χ3v) is 6.19. The summed E-state index contributed by atoms with van der Waals surface area (Å²) in [5, 5.41) is 13.7. The number of fused-ring (bicyclic) bond motifs is 1. The van der Waals surface area contributed by atoms with Gasteiger partial charge in [0.05, 0.1) is 0 Å². The molecule has 0 N–H and O–H groups in total. The molecule has 24 heavy (non-hydrogen) atoms. The van der Waals surface area contributed by atoms with Gasteiger partial charge in [0, 0.05) is 25.0 Å². The maximum atomic E-state index is 4.83. The first-order chi connectivity index (χ1) is 11.9. The lowest BCUT2D eigenvalue weighted by molar-refractivity contribution is 0.151. The molecule has 0 unspecified atom stereocenters. The Kier molecular flexibility index (Phi) is 3.65. The highest BCUT2D eigenvalue weighted by Gasteiger charge is 2.30. The van der Waals surface area contributed by atoms with E-state index in [2.05, 4.69) is 32.1 Å². The molecular weight excluding hydrogens is 300 g/mol. The molecule has 2 aromatic heterocycles. The zero-order chi connectivity index (χ0) is 15.9. The van der Waals surface area contributed by atoms with Crippen molar-refractivity contribution < 1.29 is 0 Å². The summed E-state index contributed by atoms with van der Waals surface area (Å²) >= 11 is 0. The Morgan fingerprint density at radius 2 is 1.62 bits per heavy atom. The van der Waals surface area contributed by atoms with Crippen molar-refractivity contribution in [2.75, 3.05) is 31.1 Å². The molecule has 1 saturated carbocycles. The third kappa shape index (κ3) is 2.48. The van der Waals surface area contributed by atoms with Crippen LogP contribution in [0.3, 0.4) is 0 Å². The number of rotatable bonds is 3. The van der Waals surface area contributed by atoms with E-state index in [1.54, 1.807) is 0 Å². The molecule has 0 spiro atoms. The Bertz CT molecular complexity index is 707. The first-order valence-corrected chi connectivity index (χ1v) is 9.60. The Hall–Kier alpha value is -1.69. The monoisotopic (exact) mass is 326 g/mol. The number of nitrogens with zero attached hydrogens (tertiary/aromatic N) is 6. The predicted molar refractivity (Wildman–Crippen MR) is 93.4 cm³/mol. The molecule has 0 bridgehead atoms. The topological polar surface area (TPSA) is 49.6 Å². The molecule has 128 valence electrons. The first-order valence-electron chi connectivity index (χ1n) is 9.60. The molecule has 0 aromatic carbocycles. The minimum Gasteiger partial charge on any atom is -0.355 e. The molecule has 5 rings (SSSR count). The van der Waals surface area contributed by atoms with Gasteiger partial charge in [-0.2, -0.15) is 4.52 Å². The van der Waals surface area contributed by atoms with Crippen molar-refractivity contribution in [3.63, 3.8) is 0 Å². The Morgan fingerprint density at radius 1 is 0.833 bits per heavy atom. The predicted octanol–water partition coefficient (Wildman–Crippen LogP) is 2.46. The minimum absolute atomic E-state index is 0.497. The standard InChI is InChI=1S/C18H26N6/c1-2-5-15(4-1)22-12-8-14(9-13-22)18-20-19-16-6-7-17(21-24(16)18)23-10-3-11-23/h6-7,14-15H,1-5,8-13H2. The van der Waals surface area contributed by atoms with Gasteiger partial charge in [0.1, 0.15) is 5.82 Å². The van der Waals surface area contributed by atoms with Crippen molar-refractivity contribution in [2.24, 2.45) is 0 Å². The Morgan fingerprint density at radius 3 is 2.33 bits per heavy atom. The second kappa shape index (κ2) is 5.99. The van der Waals surface area contributed by atoms with Crippen LogP contribution in [0.2, 0.25) is 0 Å². The van der Waals surface area contributed by atoms with Gasteiger partial charge in [-0.1, -0.05) is 12.8 Å². The van der Waals surface area contributed by atoms with E-state index in [0.29, 0.717) is 5.92 Å². The average Bonchev–Trinajstić information content (AvgIpc) is 3.23. The van der Waals surface area contributed by atoms with Gasteiger partial charge in [0.15, 0.2) is 11.5 Å². The van der Waals surface area contributed by atoms with Crippen molar-refractivity contribution in [1.82, 2.24) is 24.7 Å². The summed E-state index contributed by atoms with van der Waals surface area (Å²) in [6, 6.07) is 4.98. The van der Waals surface area contributed by atoms with Crippen LogP contribution in [-0.2, 0) is 0 Å². The molecule has 6 heteroatoms. The van der Waals surface area contributed by atoms with Gasteiger partial charge >= 0.3 is 0 Å². The largest absolute Gasteiger partial charge is 0.355 e. The lowest BCUT2D eigenvalue weighted by Gasteiger charge is -2.35. The summed E-state index contributed by atoms with van der Waals surface area (Å²) < 4.78 is 2.00. The highest BCUT2D eigenvalue weighted by Crippen LogP contribution is 2.32.